The fraction of sp³-hybridized carbons (Fsp3) is 0.375. The second kappa shape index (κ2) is 5.72. The summed E-state index contributed by atoms with van der Waals surface area (Å²) in [7, 11) is 0. The third-order valence-corrected chi connectivity index (χ3v) is 3.98. The molecule has 0 radical (unpaired) electrons. The molecule has 3 rings (SSSR count). The van der Waals surface area contributed by atoms with Crippen LogP contribution >= 0.6 is 0 Å². The second-order valence-corrected chi connectivity index (χ2v) is 5.53. The summed E-state index contributed by atoms with van der Waals surface area (Å²) in [6.45, 7) is 4.54. The normalized spacial score (nSPS) is 14.4. The van der Waals surface area contributed by atoms with E-state index in [0.29, 0.717) is 41.6 Å². The van der Waals surface area contributed by atoms with Gasteiger partial charge < -0.3 is 14.4 Å². The van der Waals surface area contributed by atoms with E-state index in [-0.39, 0.29) is 0 Å². The summed E-state index contributed by atoms with van der Waals surface area (Å²) in [5, 5.41) is 18.4. The Hall–Kier alpha value is -2.88. The van der Waals surface area contributed by atoms with Gasteiger partial charge in [0, 0.05) is 19.5 Å². The van der Waals surface area contributed by atoms with E-state index in [1.54, 1.807) is 17.2 Å². The van der Waals surface area contributed by atoms with Crippen LogP contribution in [0.4, 0.5) is 5.82 Å². The molecule has 118 valence electrons. The highest BCUT2D eigenvalue weighted by Gasteiger charge is 2.35. The molecular formula is C16H16N4O3. The van der Waals surface area contributed by atoms with Gasteiger partial charge in [-0.2, -0.15) is 5.26 Å². The Kier molecular flexibility index (Phi) is 3.74. The Morgan fingerprint density at radius 2 is 2.30 bits per heavy atom. The summed E-state index contributed by atoms with van der Waals surface area (Å²) < 4.78 is 5.64. The van der Waals surface area contributed by atoms with Gasteiger partial charge in [0.2, 0.25) is 5.89 Å². The number of nitriles is 1. The first-order valence-corrected chi connectivity index (χ1v) is 7.38. The molecule has 2 aromatic rings. The molecule has 0 saturated carbocycles. The maximum absolute atomic E-state index is 10.9. The Morgan fingerprint density at radius 3 is 2.87 bits per heavy atom. The Morgan fingerprint density at radius 1 is 1.57 bits per heavy atom. The van der Waals surface area contributed by atoms with E-state index in [4.69, 9.17) is 9.52 Å². The monoisotopic (exact) mass is 312 g/mol. The second-order valence-electron chi connectivity index (χ2n) is 5.53. The summed E-state index contributed by atoms with van der Waals surface area (Å²) in [5.74, 6) is 0.520. The third-order valence-electron chi connectivity index (χ3n) is 3.98. The molecule has 1 aliphatic heterocycles. The van der Waals surface area contributed by atoms with Gasteiger partial charge in [0.15, 0.2) is 0 Å². The molecule has 0 aliphatic carbocycles. The highest BCUT2D eigenvalue weighted by molar-refractivity contribution is 5.75. The number of hydrogen-bond donors (Lipinski definition) is 1. The van der Waals surface area contributed by atoms with E-state index in [2.05, 4.69) is 16.0 Å². The number of carbonyl (C=O) groups is 1. The standard InChI is InChI=1S/C16H16N4O3/c1-3-12-6-18-15(23-12)13-4-10(5-17)14(19-9(13)2)20-7-11(8-20)16(21)22/h4,6,11H,3,7-8H2,1-2H3,(H,21,22). The van der Waals surface area contributed by atoms with Crippen LogP contribution in [0.15, 0.2) is 16.7 Å². The van der Waals surface area contributed by atoms with Crippen molar-refractivity contribution in [1.82, 2.24) is 9.97 Å². The summed E-state index contributed by atoms with van der Waals surface area (Å²) in [4.78, 5) is 21.4. The predicted molar refractivity (Wildman–Crippen MR) is 81.9 cm³/mol. The summed E-state index contributed by atoms with van der Waals surface area (Å²) >= 11 is 0. The molecule has 0 aromatic carbocycles. The number of rotatable bonds is 4. The number of pyridine rings is 1. The number of oxazole rings is 1. The lowest BCUT2D eigenvalue weighted by molar-refractivity contribution is -0.142. The molecule has 1 aliphatic rings. The lowest BCUT2D eigenvalue weighted by atomic mass is 9.99. The van der Waals surface area contributed by atoms with Crippen molar-refractivity contribution in [3.05, 3.63) is 29.3 Å². The van der Waals surface area contributed by atoms with E-state index in [0.717, 1.165) is 12.2 Å². The van der Waals surface area contributed by atoms with Gasteiger partial charge in [-0.3, -0.25) is 4.79 Å². The molecule has 1 fully saturated rings. The average Bonchev–Trinajstić information content (AvgIpc) is 2.94. The molecule has 3 heterocycles. The van der Waals surface area contributed by atoms with Crippen molar-refractivity contribution in [1.29, 1.82) is 5.26 Å². The van der Waals surface area contributed by atoms with Gasteiger partial charge in [-0.15, -0.1) is 0 Å². The number of nitrogens with zero attached hydrogens (tertiary/aromatic N) is 4. The molecule has 0 spiro atoms. The summed E-state index contributed by atoms with van der Waals surface area (Å²) in [5.41, 5.74) is 1.77. The predicted octanol–water partition coefficient (Wildman–Crippen LogP) is 2.00. The minimum Gasteiger partial charge on any atom is -0.481 e. The van der Waals surface area contributed by atoms with Crippen LogP contribution in [0.3, 0.4) is 0 Å². The molecule has 0 amide bonds. The quantitative estimate of drug-likeness (QED) is 0.920. The number of carboxylic acids is 1. The van der Waals surface area contributed by atoms with Gasteiger partial charge in [0.05, 0.1) is 28.9 Å². The molecule has 7 heteroatoms. The molecule has 23 heavy (non-hydrogen) atoms. The third kappa shape index (κ3) is 2.63. The van der Waals surface area contributed by atoms with Crippen LogP contribution in [0.1, 0.15) is 23.9 Å². The number of aromatic nitrogens is 2. The lowest BCUT2D eigenvalue weighted by Crippen LogP contribution is -2.51. The highest BCUT2D eigenvalue weighted by atomic mass is 16.4. The zero-order chi connectivity index (χ0) is 16.6. The number of aliphatic carboxylic acids is 1. The van der Waals surface area contributed by atoms with E-state index in [1.165, 1.54) is 0 Å². The van der Waals surface area contributed by atoms with Crippen molar-refractivity contribution in [3.8, 4) is 17.5 Å². The first kappa shape index (κ1) is 15.0. The van der Waals surface area contributed by atoms with Gasteiger partial charge in [-0.05, 0) is 13.0 Å². The van der Waals surface area contributed by atoms with E-state index >= 15 is 0 Å². The fourth-order valence-corrected chi connectivity index (χ4v) is 2.54. The molecule has 2 aromatic heterocycles. The first-order valence-electron chi connectivity index (χ1n) is 7.38. The van der Waals surface area contributed by atoms with Crippen LogP contribution in [-0.2, 0) is 11.2 Å². The average molecular weight is 312 g/mol. The Balaban J connectivity index is 1.94. The highest BCUT2D eigenvalue weighted by Crippen LogP contribution is 2.31. The van der Waals surface area contributed by atoms with Crippen LogP contribution in [0.25, 0.3) is 11.5 Å². The van der Waals surface area contributed by atoms with E-state index in [1.807, 2.05) is 13.8 Å². The zero-order valence-electron chi connectivity index (χ0n) is 12.9. The molecule has 0 unspecified atom stereocenters. The fourth-order valence-electron chi connectivity index (χ4n) is 2.54. The van der Waals surface area contributed by atoms with Crippen molar-refractivity contribution >= 4 is 11.8 Å². The Labute approximate surface area is 133 Å². The first-order chi connectivity index (χ1) is 11.0. The summed E-state index contributed by atoms with van der Waals surface area (Å²) in [6, 6.07) is 3.83. The number of aryl methyl sites for hydroxylation is 2. The van der Waals surface area contributed by atoms with Crippen molar-refractivity contribution < 1.29 is 14.3 Å². The molecule has 0 atom stereocenters. The molecular weight excluding hydrogens is 296 g/mol. The van der Waals surface area contributed by atoms with Crippen molar-refractivity contribution in [3.63, 3.8) is 0 Å². The van der Waals surface area contributed by atoms with Gasteiger partial charge in [0.25, 0.3) is 0 Å². The van der Waals surface area contributed by atoms with Crippen LogP contribution in [-0.4, -0.2) is 34.1 Å². The zero-order valence-corrected chi connectivity index (χ0v) is 12.9. The minimum atomic E-state index is -0.819. The molecule has 0 bridgehead atoms. The van der Waals surface area contributed by atoms with Crippen LogP contribution in [0.5, 0.6) is 0 Å². The smallest absolute Gasteiger partial charge is 0.310 e. The van der Waals surface area contributed by atoms with Gasteiger partial charge in [0.1, 0.15) is 17.6 Å². The minimum absolute atomic E-state index is 0.370. The SMILES string of the molecule is CCc1cnc(-c2cc(C#N)c(N3CC(C(=O)O)C3)nc2C)o1. The van der Waals surface area contributed by atoms with Crippen LogP contribution in [0.2, 0.25) is 0 Å². The van der Waals surface area contributed by atoms with Crippen LogP contribution in [0, 0.1) is 24.2 Å². The molecule has 1 N–H and O–H groups in total. The van der Waals surface area contributed by atoms with Crippen molar-refractivity contribution in [2.75, 3.05) is 18.0 Å². The number of hydrogen-bond acceptors (Lipinski definition) is 6. The Bertz CT molecular complexity index is 800. The van der Waals surface area contributed by atoms with E-state index in [9.17, 15) is 10.1 Å². The summed E-state index contributed by atoms with van der Waals surface area (Å²) in [6.07, 6.45) is 2.41. The van der Waals surface area contributed by atoms with Gasteiger partial charge in [-0.1, -0.05) is 6.92 Å². The maximum atomic E-state index is 10.9. The van der Waals surface area contributed by atoms with Crippen molar-refractivity contribution in [2.24, 2.45) is 5.92 Å². The number of carboxylic acid groups (broad SMARTS) is 1. The topological polar surface area (TPSA) is 103 Å². The van der Waals surface area contributed by atoms with Gasteiger partial charge >= 0.3 is 5.97 Å². The van der Waals surface area contributed by atoms with Crippen LogP contribution < -0.4 is 4.90 Å². The van der Waals surface area contributed by atoms with Crippen molar-refractivity contribution in [2.45, 2.75) is 20.3 Å². The molecule has 7 nitrogen and oxygen atoms in total. The molecule has 1 saturated heterocycles. The van der Waals surface area contributed by atoms with E-state index < -0.39 is 11.9 Å². The van der Waals surface area contributed by atoms with Gasteiger partial charge in [-0.25, -0.2) is 9.97 Å². The largest absolute Gasteiger partial charge is 0.481 e. The number of anilines is 1. The lowest BCUT2D eigenvalue weighted by Gasteiger charge is -2.38. The maximum Gasteiger partial charge on any atom is 0.310 e.